The number of aromatic amines is 1. The lowest BCUT2D eigenvalue weighted by Crippen LogP contribution is -2.30. The van der Waals surface area contributed by atoms with E-state index in [4.69, 9.17) is 40.9 Å². The first-order valence-electron chi connectivity index (χ1n) is 10.9. The number of benzene rings is 2. The monoisotopic (exact) mass is 484 g/mol. The SMILES string of the molecule is Clc1ccc2c(CCN3CC=C(c4cccc5c4OCCO5)CC3)c[nH]c2c1.O=C(O)C(=O)O. The van der Waals surface area contributed by atoms with Crippen LogP contribution in [-0.4, -0.2) is 64.9 Å². The topological polar surface area (TPSA) is 112 Å². The zero-order valence-corrected chi connectivity index (χ0v) is 19.2. The van der Waals surface area contributed by atoms with Gasteiger partial charge >= 0.3 is 11.9 Å². The van der Waals surface area contributed by atoms with Gasteiger partial charge in [-0.25, -0.2) is 9.59 Å². The molecule has 0 bridgehead atoms. The molecule has 0 unspecified atom stereocenters. The highest BCUT2D eigenvalue weighted by atomic mass is 35.5. The number of ether oxygens (including phenoxy) is 2. The van der Waals surface area contributed by atoms with E-state index in [2.05, 4.69) is 40.4 Å². The summed E-state index contributed by atoms with van der Waals surface area (Å²) >= 11 is 6.08. The number of H-pyrrole nitrogens is 1. The van der Waals surface area contributed by atoms with Gasteiger partial charge in [0.25, 0.3) is 0 Å². The fourth-order valence-corrected chi connectivity index (χ4v) is 4.30. The van der Waals surface area contributed by atoms with Crippen molar-refractivity contribution < 1.29 is 29.3 Å². The van der Waals surface area contributed by atoms with Crippen molar-refractivity contribution in [2.24, 2.45) is 0 Å². The van der Waals surface area contributed by atoms with Crippen LogP contribution in [0.5, 0.6) is 11.5 Å². The van der Waals surface area contributed by atoms with Crippen LogP contribution in [0.2, 0.25) is 5.02 Å². The van der Waals surface area contributed by atoms with Crippen LogP contribution < -0.4 is 9.47 Å². The first kappa shape index (κ1) is 23.7. The van der Waals surface area contributed by atoms with Gasteiger partial charge in [-0.15, -0.1) is 0 Å². The summed E-state index contributed by atoms with van der Waals surface area (Å²) in [6.45, 7) is 4.33. The number of nitrogens with zero attached hydrogens (tertiary/aromatic N) is 1. The Morgan fingerprint density at radius 1 is 1.09 bits per heavy atom. The van der Waals surface area contributed by atoms with Crippen LogP contribution in [0.3, 0.4) is 0 Å². The molecule has 2 aliphatic rings. The van der Waals surface area contributed by atoms with E-state index in [0.29, 0.717) is 13.2 Å². The lowest BCUT2D eigenvalue weighted by molar-refractivity contribution is -0.159. The van der Waals surface area contributed by atoms with Gasteiger partial charge in [-0.3, -0.25) is 4.90 Å². The predicted molar refractivity (Wildman–Crippen MR) is 129 cm³/mol. The smallest absolute Gasteiger partial charge is 0.414 e. The number of aromatic nitrogens is 1. The van der Waals surface area contributed by atoms with E-state index in [0.717, 1.165) is 54.5 Å². The number of nitrogens with one attached hydrogen (secondary N) is 1. The molecule has 0 saturated carbocycles. The zero-order valence-electron chi connectivity index (χ0n) is 18.4. The Morgan fingerprint density at radius 3 is 2.62 bits per heavy atom. The molecule has 0 atom stereocenters. The molecule has 0 fully saturated rings. The second-order valence-corrected chi connectivity index (χ2v) is 8.41. The largest absolute Gasteiger partial charge is 0.486 e. The molecular formula is C25H25ClN2O6. The number of fused-ring (bicyclic) bond motifs is 2. The van der Waals surface area contributed by atoms with Gasteiger partial charge in [0.15, 0.2) is 11.5 Å². The number of para-hydroxylation sites is 1. The van der Waals surface area contributed by atoms with Crippen molar-refractivity contribution >= 4 is 40.0 Å². The molecule has 0 amide bonds. The maximum absolute atomic E-state index is 9.10. The third-order valence-electron chi connectivity index (χ3n) is 5.82. The molecular weight excluding hydrogens is 460 g/mol. The maximum Gasteiger partial charge on any atom is 0.414 e. The highest BCUT2D eigenvalue weighted by Gasteiger charge is 2.20. The second kappa shape index (κ2) is 10.6. The quantitative estimate of drug-likeness (QED) is 0.478. The fraction of sp³-hybridized carbons (Fsp3) is 0.280. The van der Waals surface area contributed by atoms with Gasteiger partial charge in [0, 0.05) is 47.3 Å². The average Bonchev–Trinajstić information content (AvgIpc) is 3.25. The summed E-state index contributed by atoms with van der Waals surface area (Å²) in [5.74, 6) is -1.87. The van der Waals surface area contributed by atoms with E-state index in [1.165, 1.54) is 22.1 Å². The molecule has 8 nitrogen and oxygen atoms in total. The Morgan fingerprint density at radius 2 is 1.88 bits per heavy atom. The van der Waals surface area contributed by atoms with Crippen LogP contribution in [0.15, 0.2) is 48.7 Å². The molecule has 0 radical (unpaired) electrons. The summed E-state index contributed by atoms with van der Waals surface area (Å²) < 4.78 is 11.6. The molecule has 3 heterocycles. The van der Waals surface area contributed by atoms with Crippen molar-refractivity contribution in [2.45, 2.75) is 12.8 Å². The molecule has 9 heteroatoms. The summed E-state index contributed by atoms with van der Waals surface area (Å²) in [4.78, 5) is 24.0. The second-order valence-electron chi connectivity index (χ2n) is 7.97. The van der Waals surface area contributed by atoms with E-state index in [9.17, 15) is 0 Å². The van der Waals surface area contributed by atoms with Gasteiger partial charge in [-0.1, -0.05) is 35.9 Å². The number of hydrogen-bond donors (Lipinski definition) is 3. The van der Waals surface area contributed by atoms with Crippen molar-refractivity contribution in [2.75, 3.05) is 32.8 Å². The maximum atomic E-state index is 9.10. The van der Waals surface area contributed by atoms with Crippen LogP contribution in [0, 0.1) is 0 Å². The van der Waals surface area contributed by atoms with E-state index < -0.39 is 11.9 Å². The Hall–Kier alpha value is -3.49. The fourth-order valence-electron chi connectivity index (χ4n) is 4.13. The highest BCUT2D eigenvalue weighted by molar-refractivity contribution is 6.31. The molecule has 0 spiro atoms. The van der Waals surface area contributed by atoms with Crippen LogP contribution in [-0.2, 0) is 16.0 Å². The lowest BCUT2D eigenvalue weighted by Gasteiger charge is -2.28. The molecule has 0 saturated heterocycles. The van der Waals surface area contributed by atoms with Crippen LogP contribution in [0.4, 0.5) is 0 Å². The Labute approximate surface area is 201 Å². The van der Waals surface area contributed by atoms with Crippen LogP contribution in [0.25, 0.3) is 16.5 Å². The Balaban J connectivity index is 0.000000408. The van der Waals surface area contributed by atoms with Gasteiger partial charge in [0.2, 0.25) is 0 Å². The highest BCUT2D eigenvalue weighted by Crippen LogP contribution is 2.39. The molecule has 2 aliphatic heterocycles. The minimum Gasteiger partial charge on any atom is -0.486 e. The van der Waals surface area contributed by atoms with E-state index in [1.807, 2.05) is 18.2 Å². The third kappa shape index (κ3) is 5.52. The zero-order chi connectivity index (χ0) is 24.1. The molecule has 3 aromatic rings. The van der Waals surface area contributed by atoms with Gasteiger partial charge in [-0.05, 0) is 42.2 Å². The summed E-state index contributed by atoms with van der Waals surface area (Å²) in [6.07, 6.45) is 6.51. The standard InChI is InChI=1S/C23H23ClN2O2.C2H2O4/c24-18-4-5-19-17(15-25-21(19)14-18)8-11-26-9-6-16(7-10-26)20-2-1-3-22-23(20)28-13-12-27-22;3-1(4)2(5)6/h1-6,14-15,25H,7-13H2;(H,3,4)(H,5,6). The molecule has 178 valence electrons. The number of hydrogen-bond acceptors (Lipinski definition) is 5. The molecule has 2 aromatic carbocycles. The third-order valence-corrected chi connectivity index (χ3v) is 6.05. The van der Waals surface area contributed by atoms with Crippen molar-refractivity contribution in [1.29, 1.82) is 0 Å². The average molecular weight is 485 g/mol. The lowest BCUT2D eigenvalue weighted by atomic mass is 9.97. The number of rotatable bonds is 4. The summed E-state index contributed by atoms with van der Waals surface area (Å²) in [5.41, 5.74) is 5.01. The number of carboxylic acids is 2. The van der Waals surface area contributed by atoms with Gasteiger partial charge in [0.1, 0.15) is 13.2 Å². The number of carbonyl (C=O) groups is 2. The predicted octanol–water partition coefficient (Wildman–Crippen LogP) is 4.08. The Bertz CT molecular complexity index is 1220. The van der Waals surface area contributed by atoms with E-state index >= 15 is 0 Å². The molecule has 5 rings (SSSR count). The summed E-state index contributed by atoms with van der Waals surface area (Å²) in [6, 6.07) is 12.2. The first-order chi connectivity index (χ1) is 16.4. The Kier molecular flexibility index (Phi) is 7.40. The van der Waals surface area contributed by atoms with E-state index in [1.54, 1.807) is 0 Å². The normalized spacial score (nSPS) is 15.3. The molecule has 0 aliphatic carbocycles. The number of halogens is 1. The summed E-state index contributed by atoms with van der Waals surface area (Å²) in [7, 11) is 0. The van der Waals surface area contributed by atoms with Crippen LogP contribution >= 0.6 is 11.6 Å². The minimum absolute atomic E-state index is 0.624. The number of carboxylic acid groups (broad SMARTS) is 2. The van der Waals surface area contributed by atoms with Crippen molar-refractivity contribution in [3.8, 4) is 11.5 Å². The molecule has 3 N–H and O–H groups in total. The molecule has 34 heavy (non-hydrogen) atoms. The van der Waals surface area contributed by atoms with Crippen molar-refractivity contribution in [3.05, 3.63) is 64.8 Å². The van der Waals surface area contributed by atoms with Crippen molar-refractivity contribution in [3.63, 3.8) is 0 Å². The summed E-state index contributed by atoms with van der Waals surface area (Å²) in [5, 5.41) is 16.8. The molecule has 1 aromatic heterocycles. The van der Waals surface area contributed by atoms with Crippen LogP contribution in [0.1, 0.15) is 17.5 Å². The van der Waals surface area contributed by atoms with Crippen molar-refractivity contribution in [1.82, 2.24) is 9.88 Å². The minimum atomic E-state index is -1.82. The number of aliphatic carboxylic acids is 2. The van der Waals surface area contributed by atoms with Gasteiger partial charge < -0.3 is 24.7 Å². The van der Waals surface area contributed by atoms with E-state index in [-0.39, 0.29) is 0 Å². The van der Waals surface area contributed by atoms with Gasteiger partial charge in [-0.2, -0.15) is 0 Å². The first-order valence-corrected chi connectivity index (χ1v) is 11.3. The van der Waals surface area contributed by atoms with Gasteiger partial charge in [0.05, 0.1) is 0 Å².